The lowest BCUT2D eigenvalue weighted by atomic mass is 9.74. The summed E-state index contributed by atoms with van der Waals surface area (Å²) in [4.78, 5) is 2.86. The van der Waals surface area contributed by atoms with E-state index >= 15 is 0 Å². The SMILES string of the molecule is C1CCN2C(C1)CC1CCCC2C1. The summed E-state index contributed by atoms with van der Waals surface area (Å²) < 4.78 is 0. The molecule has 3 atom stereocenters. The molecule has 0 aromatic rings. The average molecular weight is 179 g/mol. The third kappa shape index (κ3) is 1.41. The lowest BCUT2D eigenvalue weighted by molar-refractivity contribution is 0.0000957. The first-order valence-corrected chi connectivity index (χ1v) is 6.19. The number of hydrogen-bond acceptors (Lipinski definition) is 1. The van der Waals surface area contributed by atoms with Crippen molar-refractivity contribution in [2.45, 2.75) is 63.5 Å². The van der Waals surface area contributed by atoms with Gasteiger partial charge in [-0.05, 0) is 44.6 Å². The summed E-state index contributed by atoms with van der Waals surface area (Å²) in [6.07, 6.45) is 12.1. The summed E-state index contributed by atoms with van der Waals surface area (Å²) >= 11 is 0. The molecule has 0 N–H and O–H groups in total. The predicted octanol–water partition coefficient (Wildman–Crippen LogP) is 2.80. The van der Waals surface area contributed by atoms with E-state index in [0.29, 0.717) is 0 Å². The van der Waals surface area contributed by atoms with Crippen LogP contribution < -0.4 is 0 Å². The van der Waals surface area contributed by atoms with E-state index in [1.54, 1.807) is 6.42 Å². The van der Waals surface area contributed by atoms with Gasteiger partial charge < -0.3 is 0 Å². The molecule has 2 heterocycles. The number of hydrogen-bond donors (Lipinski definition) is 0. The molecule has 0 aromatic heterocycles. The zero-order valence-electron chi connectivity index (χ0n) is 8.54. The second-order valence-electron chi connectivity index (χ2n) is 5.31. The maximum Gasteiger partial charge on any atom is 0.0101 e. The molecule has 1 saturated carbocycles. The first-order valence-electron chi connectivity index (χ1n) is 6.19. The van der Waals surface area contributed by atoms with Crippen LogP contribution >= 0.6 is 0 Å². The van der Waals surface area contributed by atoms with Crippen molar-refractivity contribution in [1.29, 1.82) is 0 Å². The maximum absolute atomic E-state index is 2.86. The summed E-state index contributed by atoms with van der Waals surface area (Å²) in [5.41, 5.74) is 0. The highest BCUT2D eigenvalue weighted by atomic mass is 15.2. The highest BCUT2D eigenvalue weighted by Crippen LogP contribution is 2.40. The van der Waals surface area contributed by atoms with Gasteiger partial charge in [-0.25, -0.2) is 0 Å². The van der Waals surface area contributed by atoms with Crippen LogP contribution in [0.4, 0.5) is 0 Å². The molecule has 3 unspecified atom stereocenters. The van der Waals surface area contributed by atoms with Gasteiger partial charge in [-0.3, -0.25) is 4.90 Å². The van der Waals surface area contributed by atoms with Crippen LogP contribution in [-0.4, -0.2) is 23.5 Å². The Hall–Kier alpha value is -0.0400. The van der Waals surface area contributed by atoms with E-state index in [4.69, 9.17) is 0 Å². The van der Waals surface area contributed by atoms with Gasteiger partial charge in [0.1, 0.15) is 0 Å². The number of piperidine rings is 2. The van der Waals surface area contributed by atoms with Crippen molar-refractivity contribution in [3.05, 3.63) is 0 Å². The van der Waals surface area contributed by atoms with E-state index in [9.17, 15) is 0 Å². The van der Waals surface area contributed by atoms with Gasteiger partial charge in [0, 0.05) is 12.1 Å². The summed E-state index contributed by atoms with van der Waals surface area (Å²) in [7, 11) is 0. The fourth-order valence-electron chi connectivity index (χ4n) is 3.92. The molecule has 13 heavy (non-hydrogen) atoms. The van der Waals surface area contributed by atoms with Gasteiger partial charge in [0.25, 0.3) is 0 Å². The smallest absolute Gasteiger partial charge is 0.0101 e. The van der Waals surface area contributed by atoms with Crippen LogP contribution in [0.1, 0.15) is 51.4 Å². The molecular weight excluding hydrogens is 158 g/mol. The maximum atomic E-state index is 2.86. The summed E-state index contributed by atoms with van der Waals surface area (Å²) in [6, 6.07) is 2.00. The molecule has 1 nitrogen and oxygen atoms in total. The molecule has 74 valence electrons. The Morgan fingerprint density at radius 1 is 0.769 bits per heavy atom. The Bertz CT molecular complexity index is 186. The van der Waals surface area contributed by atoms with Crippen LogP contribution in [-0.2, 0) is 0 Å². The van der Waals surface area contributed by atoms with Crippen LogP contribution in [0.15, 0.2) is 0 Å². The molecule has 0 aromatic carbocycles. The van der Waals surface area contributed by atoms with E-state index in [2.05, 4.69) is 4.90 Å². The van der Waals surface area contributed by atoms with Gasteiger partial charge in [0.2, 0.25) is 0 Å². The minimum atomic E-state index is 0.998. The second-order valence-corrected chi connectivity index (χ2v) is 5.31. The molecule has 0 spiro atoms. The molecule has 0 radical (unpaired) electrons. The van der Waals surface area contributed by atoms with Crippen molar-refractivity contribution in [2.24, 2.45) is 5.92 Å². The number of fused-ring (bicyclic) bond motifs is 4. The van der Waals surface area contributed by atoms with Gasteiger partial charge in [-0.15, -0.1) is 0 Å². The lowest BCUT2D eigenvalue weighted by Gasteiger charge is -2.50. The van der Waals surface area contributed by atoms with Crippen LogP contribution in [0.2, 0.25) is 0 Å². The van der Waals surface area contributed by atoms with Crippen LogP contribution in [0, 0.1) is 5.92 Å². The lowest BCUT2D eigenvalue weighted by Crippen LogP contribution is -2.52. The minimum absolute atomic E-state index is 0.998. The van der Waals surface area contributed by atoms with Crippen LogP contribution in [0.3, 0.4) is 0 Å². The topological polar surface area (TPSA) is 3.24 Å². The molecule has 1 heteroatoms. The Morgan fingerprint density at radius 2 is 1.54 bits per heavy atom. The number of nitrogens with zero attached hydrogens (tertiary/aromatic N) is 1. The van der Waals surface area contributed by atoms with E-state index < -0.39 is 0 Å². The molecule has 1 aliphatic carbocycles. The Labute approximate surface area is 81.5 Å². The average Bonchev–Trinajstić information content (AvgIpc) is 2.18. The van der Waals surface area contributed by atoms with Crippen molar-refractivity contribution in [3.63, 3.8) is 0 Å². The Balaban J connectivity index is 1.77. The third-order valence-corrected chi connectivity index (χ3v) is 4.50. The standard InChI is InChI=1S/C12H21N/c1-2-7-13-11(5-1)8-10-4-3-6-12(13)9-10/h10-12H,1-9H2. The van der Waals surface area contributed by atoms with Crippen molar-refractivity contribution in [3.8, 4) is 0 Å². The summed E-state index contributed by atoms with van der Waals surface area (Å²) in [5.74, 6) is 1.11. The van der Waals surface area contributed by atoms with Gasteiger partial charge in [-0.2, -0.15) is 0 Å². The second kappa shape index (κ2) is 3.27. The van der Waals surface area contributed by atoms with Crippen molar-refractivity contribution < 1.29 is 0 Å². The van der Waals surface area contributed by atoms with E-state index in [-0.39, 0.29) is 0 Å². The van der Waals surface area contributed by atoms with Crippen molar-refractivity contribution in [2.75, 3.05) is 6.54 Å². The minimum Gasteiger partial charge on any atom is -0.297 e. The van der Waals surface area contributed by atoms with E-state index in [0.717, 1.165) is 18.0 Å². The van der Waals surface area contributed by atoms with Crippen molar-refractivity contribution >= 4 is 0 Å². The Morgan fingerprint density at radius 3 is 2.38 bits per heavy atom. The summed E-state index contributed by atoms with van der Waals surface area (Å²) in [6.45, 7) is 1.42. The molecule has 2 saturated heterocycles. The molecule has 2 aliphatic heterocycles. The van der Waals surface area contributed by atoms with E-state index in [1.807, 2.05) is 0 Å². The zero-order valence-corrected chi connectivity index (χ0v) is 8.54. The first kappa shape index (κ1) is 8.28. The molecule has 2 bridgehead atoms. The summed E-state index contributed by atoms with van der Waals surface area (Å²) in [5, 5.41) is 0. The largest absolute Gasteiger partial charge is 0.297 e. The first-order chi connectivity index (χ1) is 6.43. The highest BCUT2D eigenvalue weighted by Gasteiger charge is 2.38. The normalized spacial score (nSPS) is 45.7. The Kier molecular flexibility index (Phi) is 2.08. The molecule has 3 aliphatic rings. The van der Waals surface area contributed by atoms with Crippen LogP contribution in [0.5, 0.6) is 0 Å². The third-order valence-electron chi connectivity index (χ3n) is 4.50. The van der Waals surface area contributed by atoms with Crippen LogP contribution in [0.25, 0.3) is 0 Å². The number of rotatable bonds is 0. The molecule has 3 rings (SSSR count). The van der Waals surface area contributed by atoms with Crippen molar-refractivity contribution in [1.82, 2.24) is 4.90 Å². The molecule has 0 amide bonds. The van der Waals surface area contributed by atoms with Gasteiger partial charge in [-0.1, -0.05) is 19.3 Å². The van der Waals surface area contributed by atoms with Gasteiger partial charge in [0.05, 0.1) is 0 Å². The molecule has 3 fully saturated rings. The molecular formula is C12H21N. The predicted molar refractivity (Wildman–Crippen MR) is 54.7 cm³/mol. The fraction of sp³-hybridized carbons (Fsp3) is 1.00. The van der Waals surface area contributed by atoms with Gasteiger partial charge >= 0.3 is 0 Å². The quantitative estimate of drug-likeness (QED) is 0.552. The zero-order chi connectivity index (χ0) is 8.67. The fourth-order valence-corrected chi connectivity index (χ4v) is 3.92. The highest BCUT2D eigenvalue weighted by molar-refractivity contribution is 4.93. The monoisotopic (exact) mass is 179 g/mol. The van der Waals surface area contributed by atoms with Gasteiger partial charge in [0.15, 0.2) is 0 Å². The van der Waals surface area contributed by atoms with E-state index in [1.165, 1.54) is 51.5 Å².